The summed E-state index contributed by atoms with van der Waals surface area (Å²) in [5, 5.41) is 13.1. The zero-order valence-corrected chi connectivity index (χ0v) is 10.7. The normalized spacial score (nSPS) is 29.0. The van der Waals surface area contributed by atoms with Crippen LogP contribution in [0.2, 0.25) is 0 Å². The van der Waals surface area contributed by atoms with Gasteiger partial charge in [0.1, 0.15) is 5.82 Å². The number of aliphatic hydroxyl groups excluding tert-OH is 1. The van der Waals surface area contributed by atoms with Crippen molar-refractivity contribution >= 4 is 5.82 Å². The number of hydrogen-bond donors (Lipinski definition) is 2. The maximum absolute atomic E-state index is 9.67. The lowest BCUT2D eigenvalue weighted by Crippen LogP contribution is -2.45. The number of hydrogen-bond acceptors (Lipinski definition) is 3. The molecule has 0 unspecified atom stereocenters. The summed E-state index contributed by atoms with van der Waals surface area (Å²) < 4.78 is 0. The second kappa shape index (κ2) is 5.05. The fraction of sp³-hybridized carbons (Fsp3) is 0.643. The van der Waals surface area contributed by atoms with Gasteiger partial charge in [0.05, 0.1) is 12.1 Å². The van der Waals surface area contributed by atoms with E-state index in [1.807, 2.05) is 18.3 Å². The summed E-state index contributed by atoms with van der Waals surface area (Å²) in [5.74, 6) is 1.66. The minimum absolute atomic E-state index is 0.159. The highest BCUT2D eigenvalue weighted by molar-refractivity contribution is 5.40. The van der Waals surface area contributed by atoms with E-state index >= 15 is 0 Å². The Morgan fingerprint density at radius 2 is 2.18 bits per heavy atom. The van der Waals surface area contributed by atoms with Gasteiger partial charge in [-0.1, -0.05) is 6.92 Å². The smallest absolute Gasteiger partial charge is 0.126 e. The molecule has 94 valence electrons. The van der Waals surface area contributed by atoms with E-state index in [-0.39, 0.29) is 12.1 Å². The monoisotopic (exact) mass is 234 g/mol. The molecule has 1 saturated carbocycles. The summed E-state index contributed by atoms with van der Waals surface area (Å²) in [4.78, 5) is 4.32. The number of aryl methyl sites for hydroxylation is 1. The number of nitrogens with one attached hydrogen (secondary N) is 1. The molecule has 1 aliphatic rings. The highest BCUT2D eigenvalue weighted by atomic mass is 16.3. The van der Waals surface area contributed by atoms with E-state index in [0.717, 1.165) is 24.6 Å². The highest BCUT2D eigenvalue weighted by Gasteiger charge is 2.33. The van der Waals surface area contributed by atoms with Crippen LogP contribution in [0.1, 0.15) is 38.2 Å². The molecule has 1 aliphatic carbocycles. The Morgan fingerprint density at radius 1 is 1.47 bits per heavy atom. The Bertz CT molecular complexity index is 370. The minimum Gasteiger partial charge on any atom is -0.394 e. The molecule has 0 amide bonds. The fourth-order valence-electron chi connectivity index (χ4n) is 2.51. The first-order valence-corrected chi connectivity index (χ1v) is 6.45. The minimum atomic E-state index is -0.159. The van der Waals surface area contributed by atoms with Crippen molar-refractivity contribution in [3.63, 3.8) is 0 Å². The Morgan fingerprint density at radius 3 is 2.76 bits per heavy atom. The first kappa shape index (κ1) is 12.4. The van der Waals surface area contributed by atoms with Crippen molar-refractivity contribution < 1.29 is 5.11 Å². The average Bonchev–Trinajstić information content (AvgIpc) is 2.33. The van der Waals surface area contributed by atoms with Gasteiger partial charge in [0.25, 0.3) is 0 Å². The first-order valence-electron chi connectivity index (χ1n) is 6.45. The zero-order chi connectivity index (χ0) is 12.3. The number of rotatable bonds is 3. The molecule has 2 rings (SSSR count). The third-order valence-corrected chi connectivity index (χ3v) is 3.84. The van der Waals surface area contributed by atoms with Crippen LogP contribution in [0.5, 0.6) is 0 Å². The van der Waals surface area contributed by atoms with Gasteiger partial charge in [0.2, 0.25) is 0 Å². The number of aromatic nitrogens is 1. The molecule has 1 fully saturated rings. The first-order chi connectivity index (χ1) is 8.13. The van der Waals surface area contributed by atoms with Gasteiger partial charge in [0.15, 0.2) is 0 Å². The lowest BCUT2D eigenvalue weighted by atomic mass is 9.77. The van der Waals surface area contributed by atoms with Crippen molar-refractivity contribution in [3.05, 3.63) is 23.9 Å². The third-order valence-electron chi connectivity index (χ3n) is 3.84. The van der Waals surface area contributed by atoms with Gasteiger partial charge in [-0.05, 0) is 56.2 Å². The van der Waals surface area contributed by atoms with Gasteiger partial charge in [-0.15, -0.1) is 0 Å². The Balaban J connectivity index is 2.09. The van der Waals surface area contributed by atoms with Gasteiger partial charge < -0.3 is 10.4 Å². The molecule has 0 aromatic carbocycles. The summed E-state index contributed by atoms with van der Waals surface area (Å²) in [6.07, 6.45) is 6.23. The van der Waals surface area contributed by atoms with Crippen LogP contribution in [-0.2, 0) is 0 Å². The molecule has 0 spiro atoms. The predicted molar refractivity (Wildman–Crippen MR) is 70.0 cm³/mol. The number of nitrogens with zero attached hydrogens (tertiary/aromatic N) is 1. The quantitative estimate of drug-likeness (QED) is 0.845. The summed E-state index contributed by atoms with van der Waals surface area (Å²) >= 11 is 0. The molecule has 1 aromatic heterocycles. The van der Waals surface area contributed by atoms with Crippen LogP contribution in [-0.4, -0.2) is 22.2 Å². The predicted octanol–water partition coefficient (Wildman–Crippen LogP) is 2.74. The molecule has 2 N–H and O–H groups in total. The molecule has 17 heavy (non-hydrogen) atoms. The molecule has 0 bridgehead atoms. The van der Waals surface area contributed by atoms with Crippen LogP contribution in [0.3, 0.4) is 0 Å². The molecule has 1 aromatic rings. The summed E-state index contributed by atoms with van der Waals surface area (Å²) in [6.45, 7) is 4.53. The molecular weight excluding hydrogens is 212 g/mol. The van der Waals surface area contributed by atoms with Crippen LogP contribution >= 0.6 is 0 Å². The van der Waals surface area contributed by atoms with Gasteiger partial charge >= 0.3 is 0 Å². The summed E-state index contributed by atoms with van der Waals surface area (Å²) in [6, 6.07) is 4.02. The Kier molecular flexibility index (Phi) is 3.67. The zero-order valence-electron chi connectivity index (χ0n) is 10.7. The molecule has 0 aliphatic heterocycles. The second-order valence-electron chi connectivity index (χ2n) is 5.46. The van der Waals surface area contributed by atoms with Crippen LogP contribution in [0, 0.1) is 12.8 Å². The van der Waals surface area contributed by atoms with Crippen molar-refractivity contribution in [2.45, 2.75) is 45.1 Å². The highest BCUT2D eigenvalue weighted by Crippen LogP contribution is 2.33. The number of anilines is 1. The molecule has 0 atom stereocenters. The topological polar surface area (TPSA) is 45.2 Å². The van der Waals surface area contributed by atoms with Gasteiger partial charge in [-0.2, -0.15) is 0 Å². The number of pyridine rings is 1. The average molecular weight is 234 g/mol. The number of aliphatic hydroxyl groups is 1. The van der Waals surface area contributed by atoms with E-state index in [9.17, 15) is 5.11 Å². The van der Waals surface area contributed by atoms with Crippen LogP contribution < -0.4 is 5.32 Å². The van der Waals surface area contributed by atoms with Crippen molar-refractivity contribution in [3.8, 4) is 0 Å². The van der Waals surface area contributed by atoms with E-state index in [0.29, 0.717) is 0 Å². The second-order valence-corrected chi connectivity index (χ2v) is 5.46. The van der Waals surface area contributed by atoms with Crippen molar-refractivity contribution in [1.29, 1.82) is 0 Å². The summed E-state index contributed by atoms with van der Waals surface area (Å²) in [5.41, 5.74) is 1.03. The van der Waals surface area contributed by atoms with Gasteiger partial charge in [-0.3, -0.25) is 0 Å². The third kappa shape index (κ3) is 2.97. The van der Waals surface area contributed by atoms with Crippen molar-refractivity contribution in [1.82, 2.24) is 4.98 Å². The largest absolute Gasteiger partial charge is 0.394 e. The van der Waals surface area contributed by atoms with Gasteiger partial charge in [0, 0.05) is 6.20 Å². The lowest BCUT2D eigenvalue weighted by Gasteiger charge is -2.39. The molecule has 1 heterocycles. The van der Waals surface area contributed by atoms with E-state index in [1.54, 1.807) is 0 Å². The van der Waals surface area contributed by atoms with E-state index < -0.39 is 0 Å². The lowest BCUT2D eigenvalue weighted by molar-refractivity contribution is 0.155. The summed E-state index contributed by atoms with van der Waals surface area (Å²) in [7, 11) is 0. The van der Waals surface area contributed by atoms with Crippen molar-refractivity contribution in [2.75, 3.05) is 11.9 Å². The van der Waals surface area contributed by atoms with Crippen LogP contribution in [0.15, 0.2) is 18.3 Å². The molecule has 3 nitrogen and oxygen atoms in total. The van der Waals surface area contributed by atoms with Crippen molar-refractivity contribution in [2.24, 2.45) is 5.92 Å². The molecule has 0 radical (unpaired) electrons. The van der Waals surface area contributed by atoms with Crippen LogP contribution in [0.25, 0.3) is 0 Å². The Hall–Kier alpha value is -1.09. The standard InChI is InChI=1S/C14H22N2O/c1-11-3-6-14(10-17,7-4-11)16-13-9-12(2)5-8-15-13/h5,8-9,11,17H,3-4,6-7,10H2,1-2H3,(H,15,16). The van der Waals surface area contributed by atoms with Gasteiger partial charge in [-0.25, -0.2) is 4.98 Å². The van der Waals surface area contributed by atoms with E-state index in [1.165, 1.54) is 18.4 Å². The van der Waals surface area contributed by atoms with Crippen LogP contribution in [0.4, 0.5) is 5.82 Å². The molecule has 3 heteroatoms. The van der Waals surface area contributed by atoms with E-state index in [2.05, 4.69) is 24.1 Å². The fourth-order valence-corrected chi connectivity index (χ4v) is 2.51. The molecular formula is C14H22N2O. The maximum Gasteiger partial charge on any atom is 0.126 e. The SMILES string of the molecule is Cc1ccnc(NC2(CO)CCC(C)CC2)c1. The Labute approximate surface area is 103 Å². The molecule has 0 saturated heterocycles. The maximum atomic E-state index is 9.67. The van der Waals surface area contributed by atoms with E-state index in [4.69, 9.17) is 0 Å².